The predicted octanol–water partition coefficient (Wildman–Crippen LogP) is 4.15. The first-order valence-electron chi connectivity index (χ1n) is 12.2. The topological polar surface area (TPSA) is 133 Å². The number of anilines is 3. The van der Waals surface area contributed by atoms with Crippen LogP contribution in [0, 0.1) is 11.3 Å². The van der Waals surface area contributed by atoms with Crippen LogP contribution in [-0.4, -0.2) is 53.0 Å². The Balaban J connectivity index is 1.73. The molecule has 194 valence electrons. The minimum absolute atomic E-state index is 0.0636. The van der Waals surface area contributed by atoms with Gasteiger partial charge in [0, 0.05) is 18.7 Å². The Morgan fingerprint density at radius 3 is 2.67 bits per heavy atom. The summed E-state index contributed by atoms with van der Waals surface area (Å²) in [5, 5.41) is 7.30. The van der Waals surface area contributed by atoms with E-state index in [9.17, 15) is 4.79 Å². The smallest absolute Gasteiger partial charge is 0.412 e. The van der Waals surface area contributed by atoms with E-state index in [-0.39, 0.29) is 5.41 Å². The first-order chi connectivity index (χ1) is 16.9. The van der Waals surface area contributed by atoms with E-state index < -0.39 is 11.7 Å². The number of ether oxygens (including phenoxy) is 2. The fraction of sp³-hybridized carbons (Fsp3) is 0.500. The first kappa shape index (κ1) is 25.6. The molecule has 1 unspecified atom stereocenters. The van der Waals surface area contributed by atoms with Gasteiger partial charge in [0.1, 0.15) is 29.0 Å². The highest BCUT2D eigenvalue weighted by molar-refractivity contribution is 5.93. The first-order valence-corrected chi connectivity index (χ1v) is 12.2. The molecule has 0 spiro atoms. The van der Waals surface area contributed by atoms with Crippen LogP contribution < -0.4 is 26.4 Å². The van der Waals surface area contributed by atoms with Gasteiger partial charge in [-0.05, 0) is 68.8 Å². The summed E-state index contributed by atoms with van der Waals surface area (Å²) >= 11 is 0. The average molecular weight is 496 g/mol. The molecular formula is C26H37N7O3. The van der Waals surface area contributed by atoms with Crippen LogP contribution in [0.5, 0.6) is 5.75 Å². The summed E-state index contributed by atoms with van der Waals surface area (Å²) < 4.78 is 12.8. The van der Waals surface area contributed by atoms with Gasteiger partial charge in [0.25, 0.3) is 0 Å². The van der Waals surface area contributed by atoms with Crippen LogP contribution in [0.25, 0.3) is 16.6 Å². The highest BCUT2D eigenvalue weighted by atomic mass is 16.6. The summed E-state index contributed by atoms with van der Waals surface area (Å²) in [5.41, 5.74) is 14.8. The van der Waals surface area contributed by atoms with E-state index in [4.69, 9.17) is 20.9 Å². The van der Waals surface area contributed by atoms with Crippen molar-refractivity contribution in [3.63, 3.8) is 0 Å². The van der Waals surface area contributed by atoms with Gasteiger partial charge in [-0.1, -0.05) is 19.9 Å². The molecule has 1 atom stereocenters. The third kappa shape index (κ3) is 5.04. The number of amides is 1. The van der Waals surface area contributed by atoms with Crippen LogP contribution in [0.1, 0.15) is 41.0 Å². The molecule has 1 fully saturated rings. The van der Waals surface area contributed by atoms with E-state index in [1.807, 2.05) is 37.4 Å². The summed E-state index contributed by atoms with van der Waals surface area (Å²) in [6, 6.07) is 7.65. The average Bonchev–Trinajstić information content (AvgIpc) is 3.18. The lowest BCUT2D eigenvalue weighted by Crippen LogP contribution is -2.48. The van der Waals surface area contributed by atoms with Crippen molar-refractivity contribution in [1.82, 2.24) is 14.6 Å². The highest BCUT2D eigenvalue weighted by Crippen LogP contribution is 2.41. The molecule has 10 heteroatoms. The van der Waals surface area contributed by atoms with Gasteiger partial charge in [-0.3, -0.25) is 5.32 Å². The zero-order chi connectivity index (χ0) is 26.3. The number of hydrogen-bond donors (Lipinski definition) is 3. The van der Waals surface area contributed by atoms with Gasteiger partial charge in [0.2, 0.25) is 0 Å². The second-order valence-corrected chi connectivity index (χ2v) is 11.0. The predicted molar refractivity (Wildman–Crippen MR) is 142 cm³/mol. The lowest BCUT2D eigenvalue weighted by atomic mass is 9.74. The number of benzene rings is 1. The lowest BCUT2D eigenvalue weighted by molar-refractivity contribution is 0.0635. The number of nitrogen functional groups attached to an aromatic ring is 1. The van der Waals surface area contributed by atoms with Crippen molar-refractivity contribution in [2.45, 2.75) is 46.6 Å². The highest BCUT2D eigenvalue weighted by Gasteiger charge is 2.36. The molecule has 3 heterocycles. The monoisotopic (exact) mass is 495 g/mol. The van der Waals surface area contributed by atoms with Gasteiger partial charge >= 0.3 is 6.09 Å². The minimum atomic E-state index is -0.607. The van der Waals surface area contributed by atoms with Crippen LogP contribution in [0.4, 0.5) is 22.1 Å². The molecule has 1 aliphatic rings. The SMILES string of the molecule is COc1cc(-c2cc(N3CCC(CN)C(C)(C)C3)n3ncnc(N)c23)ccc1NC(=O)OC(C)(C)C. The molecule has 0 bridgehead atoms. The molecule has 1 aromatic carbocycles. The summed E-state index contributed by atoms with van der Waals surface area (Å²) in [6.07, 6.45) is 1.93. The largest absolute Gasteiger partial charge is 0.495 e. The van der Waals surface area contributed by atoms with Gasteiger partial charge in [-0.25, -0.2) is 14.3 Å². The van der Waals surface area contributed by atoms with Crippen LogP contribution >= 0.6 is 0 Å². The van der Waals surface area contributed by atoms with Crippen LogP contribution in [-0.2, 0) is 4.74 Å². The molecule has 1 amide bonds. The molecule has 0 aliphatic carbocycles. The molecular weight excluding hydrogens is 458 g/mol. The van der Waals surface area contributed by atoms with E-state index in [0.717, 1.165) is 42.0 Å². The molecule has 5 N–H and O–H groups in total. The molecule has 1 aliphatic heterocycles. The van der Waals surface area contributed by atoms with Crippen molar-refractivity contribution in [2.24, 2.45) is 17.1 Å². The molecule has 3 aromatic rings. The zero-order valence-corrected chi connectivity index (χ0v) is 22.0. The normalized spacial score (nSPS) is 17.8. The molecule has 2 aromatic heterocycles. The van der Waals surface area contributed by atoms with Crippen LogP contribution in [0.2, 0.25) is 0 Å². The number of piperidine rings is 1. The van der Waals surface area contributed by atoms with Crippen molar-refractivity contribution in [1.29, 1.82) is 0 Å². The fourth-order valence-electron chi connectivity index (χ4n) is 4.91. The number of carbonyl (C=O) groups is 1. The lowest BCUT2D eigenvalue weighted by Gasteiger charge is -2.44. The number of aromatic nitrogens is 3. The van der Waals surface area contributed by atoms with Gasteiger partial charge in [0.15, 0.2) is 5.82 Å². The Kier molecular flexibility index (Phi) is 6.74. The van der Waals surface area contributed by atoms with E-state index >= 15 is 0 Å². The summed E-state index contributed by atoms with van der Waals surface area (Å²) in [7, 11) is 1.56. The van der Waals surface area contributed by atoms with Crippen LogP contribution in [0.15, 0.2) is 30.6 Å². The molecule has 0 radical (unpaired) electrons. The Hall–Kier alpha value is -3.53. The molecule has 10 nitrogen and oxygen atoms in total. The van der Waals surface area contributed by atoms with E-state index in [2.05, 4.69) is 40.2 Å². The maximum atomic E-state index is 12.3. The quantitative estimate of drug-likeness (QED) is 0.481. The number of methoxy groups -OCH3 is 1. The van der Waals surface area contributed by atoms with E-state index in [1.54, 1.807) is 13.2 Å². The van der Waals surface area contributed by atoms with Crippen molar-refractivity contribution in [3.05, 3.63) is 30.6 Å². The number of carbonyl (C=O) groups excluding carboxylic acids is 1. The summed E-state index contributed by atoms with van der Waals surface area (Å²) in [6.45, 7) is 12.4. The number of fused-ring (bicyclic) bond motifs is 1. The Bertz CT molecular complexity index is 1260. The van der Waals surface area contributed by atoms with Gasteiger partial charge in [0.05, 0.1) is 12.8 Å². The number of hydrogen-bond acceptors (Lipinski definition) is 8. The third-order valence-corrected chi connectivity index (χ3v) is 6.77. The van der Waals surface area contributed by atoms with Gasteiger partial charge in [-0.15, -0.1) is 0 Å². The molecule has 1 saturated heterocycles. The fourth-order valence-corrected chi connectivity index (χ4v) is 4.91. The maximum absolute atomic E-state index is 12.3. The Labute approximate surface area is 211 Å². The van der Waals surface area contributed by atoms with Gasteiger partial charge in [-0.2, -0.15) is 5.10 Å². The molecule has 4 rings (SSSR count). The zero-order valence-electron chi connectivity index (χ0n) is 22.0. The van der Waals surface area contributed by atoms with Crippen molar-refractivity contribution in [3.8, 4) is 16.9 Å². The van der Waals surface area contributed by atoms with Gasteiger partial charge < -0.3 is 25.8 Å². The Morgan fingerprint density at radius 1 is 1.28 bits per heavy atom. The maximum Gasteiger partial charge on any atom is 0.412 e. The van der Waals surface area contributed by atoms with Crippen molar-refractivity contribution < 1.29 is 14.3 Å². The number of rotatable bonds is 5. The van der Waals surface area contributed by atoms with Crippen molar-refractivity contribution in [2.75, 3.05) is 42.7 Å². The van der Waals surface area contributed by atoms with E-state index in [1.165, 1.54) is 6.33 Å². The molecule has 0 saturated carbocycles. The Morgan fingerprint density at radius 2 is 2.03 bits per heavy atom. The number of nitrogens with two attached hydrogens (primary N) is 2. The minimum Gasteiger partial charge on any atom is -0.495 e. The summed E-state index contributed by atoms with van der Waals surface area (Å²) in [4.78, 5) is 18.9. The van der Waals surface area contributed by atoms with Crippen molar-refractivity contribution >= 4 is 28.9 Å². The van der Waals surface area contributed by atoms with Crippen LogP contribution in [0.3, 0.4) is 0 Å². The molecule has 36 heavy (non-hydrogen) atoms. The second-order valence-electron chi connectivity index (χ2n) is 11.0. The summed E-state index contributed by atoms with van der Waals surface area (Å²) in [5.74, 6) is 2.30. The standard InChI is InChI=1S/C26H37N7O3/c1-25(2,3)36-24(34)31-19-8-7-16(11-20(19)35-6)18-12-21(33-22(18)23(28)29-15-30-33)32-10-9-17(13-27)26(4,5)14-32/h7-8,11-12,15,17H,9-10,13-14,27H2,1-6H3,(H,31,34)(H2,28,29,30). The number of nitrogens with one attached hydrogen (secondary N) is 1. The van der Waals surface area contributed by atoms with E-state index in [0.29, 0.717) is 29.7 Å². The third-order valence-electron chi connectivity index (χ3n) is 6.77. The number of nitrogens with zero attached hydrogens (tertiary/aromatic N) is 4. The second kappa shape index (κ2) is 9.50.